The third kappa shape index (κ3) is 2.43. The summed E-state index contributed by atoms with van der Waals surface area (Å²) in [5.41, 5.74) is 1.94. The van der Waals surface area contributed by atoms with Gasteiger partial charge in [0.05, 0.1) is 0 Å². The molecule has 1 N–H and O–H groups in total. The summed E-state index contributed by atoms with van der Waals surface area (Å²) in [6.07, 6.45) is 3.21. The highest BCUT2D eigenvalue weighted by atomic mass is 16.4. The molecule has 0 radical (unpaired) electrons. The summed E-state index contributed by atoms with van der Waals surface area (Å²) >= 11 is 0. The largest absolute Gasteiger partial charge is 0.508 e. The highest BCUT2D eigenvalue weighted by Crippen LogP contribution is 2.24. The molecule has 0 atom stereocenters. The van der Waals surface area contributed by atoms with E-state index in [1.165, 1.54) is 18.9 Å². The molecule has 2 aromatic rings. The molecule has 1 aliphatic rings. The van der Waals surface area contributed by atoms with E-state index in [-0.39, 0.29) is 11.4 Å². The summed E-state index contributed by atoms with van der Waals surface area (Å²) < 4.78 is 5.36. The molecular weight excluding hydrogens is 254 g/mol. The molecule has 1 aliphatic heterocycles. The second kappa shape index (κ2) is 5.29. The number of hydrogen-bond acceptors (Lipinski definition) is 4. The first-order valence-corrected chi connectivity index (χ1v) is 7.13. The van der Waals surface area contributed by atoms with E-state index in [1.54, 1.807) is 12.1 Å². The number of nitrogens with zero attached hydrogens (tertiary/aromatic N) is 1. The van der Waals surface area contributed by atoms with Gasteiger partial charge >= 0.3 is 5.63 Å². The molecule has 0 bridgehead atoms. The van der Waals surface area contributed by atoms with Crippen LogP contribution >= 0.6 is 0 Å². The van der Waals surface area contributed by atoms with Crippen molar-refractivity contribution in [1.29, 1.82) is 0 Å². The number of likely N-dealkylation sites (tertiary alicyclic amines) is 1. The Hall–Kier alpha value is -1.81. The highest BCUT2D eigenvalue weighted by molar-refractivity contribution is 5.82. The first-order chi connectivity index (χ1) is 9.65. The molecule has 2 heterocycles. The van der Waals surface area contributed by atoms with E-state index in [1.807, 2.05) is 6.92 Å². The quantitative estimate of drug-likeness (QED) is 0.873. The van der Waals surface area contributed by atoms with Crippen molar-refractivity contribution >= 4 is 11.0 Å². The maximum Gasteiger partial charge on any atom is 0.339 e. The number of phenols is 1. The average Bonchev–Trinajstić information content (AvgIpc) is 2.93. The van der Waals surface area contributed by atoms with Crippen LogP contribution in [0.5, 0.6) is 5.75 Å². The molecule has 4 nitrogen and oxygen atoms in total. The Morgan fingerprint density at radius 2 is 2.05 bits per heavy atom. The van der Waals surface area contributed by atoms with Crippen molar-refractivity contribution in [3.05, 3.63) is 39.7 Å². The number of aromatic hydroxyl groups is 1. The molecule has 0 saturated carbocycles. The maximum absolute atomic E-state index is 12.1. The molecule has 4 heteroatoms. The molecule has 1 aromatic carbocycles. The minimum Gasteiger partial charge on any atom is -0.508 e. The molecule has 20 heavy (non-hydrogen) atoms. The van der Waals surface area contributed by atoms with Crippen LogP contribution in [-0.2, 0) is 6.42 Å². The van der Waals surface area contributed by atoms with Crippen LogP contribution in [0.4, 0.5) is 0 Å². The Labute approximate surface area is 117 Å². The second-order valence-electron chi connectivity index (χ2n) is 5.47. The van der Waals surface area contributed by atoms with Gasteiger partial charge in [-0.25, -0.2) is 4.79 Å². The predicted molar refractivity (Wildman–Crippen MR) is 78.3 cm³/mol. The van der Waals surface area contributed by atoms with Crippen molar-refractivity contribution in [2.45, 2.75) is 26.2 Å². The predicted octanol–water partition coefficient (Wildman–Crippen LogP) is 2.45. The second-order valence-corrected chi connectivity index (χ2v) is 5.47. The van der Waals surface area contributed by atoms with Crippen LogP contribution < -0.4 is 5.63 Å². The summed E-state index contributed by atoms with van der Waals surface area (Å²) in [6, 6.07) is 4.84. The van der Waals surface area contributed by atoms with Crippen LogP contribution in [0.15, 0.2) is 27.4 Å². The molecular formula is C16H19NO3. The van der Waals surface area contributed by atoms with Gasteiger partial charge in [0.1, 0.15) is 11.3 Å². The molecule has 0 unspecified atom stereocenters. The van der Waals surface area contributed by atoms with E-state index in [2.05, 4.69) is 4.90 Å². The molecule has 0 amide bonds. The molecule has 1 saturated heterocycles. The van der Waals surface area contributed by atoms with Gasteiger partial charge in [-0.05, 0) is 63.0 Å². The van der Waals surface area contributed by atoms with Crippen molar-refractivity contribution < 1.29 is 9.52 Å². The fourth-order valence-electron chi connectivity index (χ4n) is 2.94. The Balaban J connectivity index is 1.95. The minimum atomic E-state index is -0.250. The average molecular weight is 273 g/mol. The molecule has 1 aromatic heterocycles. The maximum atomic E-state index is 12.1. The van der Waals surface area contributed by atoms with Crippen LogP contribution in [0.3, 0.4) is 0 Å². The van der Waals surface area contributed by atoms with Crippen LogP contribution in [-0.4, -0.2) is 29.6 Å². The minimum absolute atomic E-state index is 0.194. The van der Waals surface area contributed by atoms with Crippen LogP contribution in [0, 0.1) is 6.92 Å². The number of rotatable bonds is 3. The summed E-state index contributed by atoms with van der Waals surface area (Å²) in [4.78, 5) is 14.5. The van der Waals surface area contributed by atoms with Crippen molar-refractivity contribution in [1.82, 2.24) is 4.90 Å². The summed E-state index contributed by atoms with van der Waals surface area (Å²) in [6.45, 7) is 5.07. The zero-order valence-corrected chi connectivity index (χ0v) is 11.7. The first-order valence-electron chi connectivity index (χ1n) is 7.13. The molecule has 1 fully saturated rings. The van der Waals surface area contributed by atoms with Gasteiger partial charge in [0.2, 0.25) is 0 Å². The van der Waals surface area contributed by atoms with E-state index >= 15 is 0 Å². The monoisotopic (exact) mass is 273 g/mol. The summed E-state index contributed by atoms with van der Waals surface area (Å²) in [5.74, 6) is 0.194. The summed E-state index contributed by atoms with van der Waals surface area (Å²) in [5, 5.41) is 10.4. The lowest BCUT2D eigenvalue weighted by Gasteiger charge is -2.15. The molecule has 0 aliphatic carbocycles. The van der Waals surface area contributed by atoms with Crippen LogP contribution in [0.25, 0.3) is 11.0 Å². The van der Waals surface area contributed by atoms with Gasteiger partial charge in [0.15, 0.2) is 0 Å². The third-order valence-electron chi connectivity index (χ3n) is 4.15. The zero-order chi connectivity index (χ0) is 14.1. The van der Waals surface area contributed by atoms with E-state index < -0.39 is 0 Å². The van der Waals surface area contributed by atoms with Gasteiger partial charge < -0.3 is 14.4 Å². The number of fused-ring (bicyclic) bond motifs is 1. The van der Waals surface area contributed by atoms with E-state index in [0.717, 1.165) is 36.1 Å². The third-order valence-corrected chi connectivity index (χ3v) is 4.15. The van der Waals surface area contributed by atoms with Crippen molar-refractivity contribution in [2.24, 2.45) is 0 Å². The van der Waals surface area contributed by atoms with Crippen molar-refractivity contribution in [2.75, 3.05) is 19.6 Å². The summed E-state index contributed by atoms with van der Waals surface area (Å²) in [7, 11) is 0. The Morgan fingerprint density at radius 1 is 1.30 bits per heavy atom. The lowest BCUT2D eigenvalue weighted by Crippen LogP contribution is -2.24. The van der Waals surface area contributed by atoms with Crippen molar-refractivity contribution in [3.63, 3.8) is 0 Å². The Bertz CT molecular complexity index is 684. The lowest BCUT2D eigenvalue weighted by molar-refractivity contribution is 0.341. The fraction of sp³-hybridized carbons (Fsp3) is 0.438. The number of aryl methyl sites for hydroxylation is 1. The van der Waals surface area contributed by atoms with Crippen molar-refractivity contribution in [3.8, 4) is 5.75 Å². The first kappa shape index (κ1) is 13.2. The van der Waals surface area contributed by atoms with Gasteiger partial charge in [-0.15, -0.1) is 0 Å². The van der Waals surface area contributed by atoms with Gasteiger partial charge in [0, 0.05) is 17.5 Å². The van der Waals surface area contributed by atoms with E-state index in [0.29, 0.717) is 12.0 Å². The van der Waals surface area contributed by atoms with Crippen LogP contribution in [0.2, 0.25) is 0 Å². The molecule has 3 rings (SSSR count). The molecule has 106 valence electrons. The topological polar surface area (TPSA) is 53.7 Å². The van der Waals surface area contributed by atoms with E-state index in [9.17, 15) is 9.90 Å². The Kier molecular flexibility index (Phi) is 3.49. The standard InChI is InChI=1S/C16H19NO3/c1-11-13(6-9-17-7-2-3-8-17)16(19)20-15-5-4-12(18)10-14(11)15/h4-5,10,18H,2-3,6-9H2,1H3. The SMILES string of the molecule is Cc1c(CCN2CCCC2)c(=O)oc2ccc(O)cc12. The number of benzene rings is 1. The Morgan fingerprint density at radius 3 is 2.80 bits per heavy atom. The normalized spacial score (nSPS) is 16.1. The fourth-order valence-corrected chi connectivity index (χ4v) is 2.94. The zero-order valence-electron chi connectivity index (χ0n) is 11.7. The number of hydrogen-bond donors (Lipinski definition) is 1. The van der Waals surface area contributed by atoms with Gasteiger partial charge in [-0.2, -0.15) is 0 Å². The van der Waals surface area contributed by atoms with Gasteiger partial charge in [0.25, 0.3) is 0 Å². The highest BCUT2D eigenvalue weighted by Gasteiger charge is 2.15. The van der Waals surface area contributed by atoms with Crippen LogP contribution in [0.1, 0.15) is 24.0 Å². The smallest absolute Gasteiger partial charge is 0.339 e. The molecule has 0 spiro atoms. The van der Waals surface area contributed by atoms with Gasteiger partial charge in [-0.3, -0.25) is 0 Å². The number of phenolic OH excluding ortho intramolecular Hbond substituents is 1. The van der Waals surface area contributed by atoms with Gasteiger partial charge in [-0.1, -0.05) is 0 Å². The lowest BCUT2D eigenvalue weighted by atomic mass is 10.0. The van der Waals surface area contributed by atoms with E-state index in [4.69, 9.17) is 4.42 Å².